The molecule has 3 rings (SSSR count). The van der Waals surface area contributed by atoms with Gasteiger partial charge in [-0.25, -0.2) is 0 Å². The monoisotopic (exact) mass is 387 g/mol. The van der Waals surface area contributed by atoms with Crippen molar-refractivity contribution in [3.05, 3.63) is 64.2 Å². The smallest absolute Gasteiger partial charge is 0.221 e. The van der Waals surface area contributed by atoms with Crippen LogP contribution in [0.4, 0.5) is 0 Å². The van der Waals surface area contributed by atoms with Gasteiger partial charge in [0.25, 0.3) is 0 Å². The minimum atomic E-state index is 0.107. The highest BCUT2D eigenvalue weighted by Gasteiger charge is 2.16. The van der Waals surface area contributed by atoms with Gasteiger partial charge in [0.15, 0.2) is 0 Å². The van der Waals surface area contributed by atoms with Crippen molar-refractivity contribution in [3.63, 3.8) is 0 Å². The summed E-state index contributed by atoms with van der Waals surface area (Å²) in [5.74, 6) is 0.893. The molecule has 1 aliphatic carbocycles. The molecule has 1 amide bonds. The zero-order chi connectivity index (χ0) is 18.4. The first-order valence-electron chi connectivity index (χ1n) is 9.45. The SMILES string of the molecule is CC[C@H](NC(=O)CCSc1ccc(Cl)cc1)c1ccc2c(c1)CCCC2. The third kappa shape index (κ3) is 5.28. The number of thioether (sulfide) groups is 1. The Hall–Kier alpha value is -1.45. The van der Waals surface area contributed by atoms with Crippen molar-refractivity contribution in [2.45, 2.75) is 56.4 Å². The lowest BCUT2D eigenvalue weighted by molar-refractivity contribution is -0.121. The Labute approximate surface area is 165 Å². The molecular weight excluding hydrogens is 362 g/mol. The van der Waals surface area contributed by atoms with Crippen LogP contribution < -0.4 is 5.32 Å². The summed E-state index contributed by atoms with van der Waals surface area (Å²) in [6.07, 6.45) is 6.38. The fraction of sp³-hybridized carbons (Fsp3) is 0.409. The molecule has 0 saturated heterocycles. The van der Waals surface area contributed by atoms with Crippen LogP contribution in [-0.4, -0.2) is 11.7 Å². The number of hydrogen-bond acceptors (Lipinski definition) is 2. The van der Waals surface area contributed by atoms with Crippen LogP contribution in [0.2, 0.25) is 5.02 Å². The fourth-order valence-electron chi connectivity index (χ4n) is 3.45. The number of halogens is 1. The van der Waals surface area contributed by atoms with Crippen LogP contribution in [0.1, 0.15) is 55.3 Å². The number of carbonyl (C=O) groups excluding carboxylic acids is 1. The summed E-state index contributed by atoms with van der Waals surface area (Å²) in [5.41, 5.74) is 4.20. The highest BCUT2D eigenvalue weighted by molar-refractivity contribution is 7.99. The minimum absolute atomic E-state index is 0.107. The average Bonchev–Trinajstić information content (AvgIpc) is 2.67. The molecule has 2 aromatic carbocycles. The molecule has 0 fully saturated rings. The summed E-state index contributed by atoms with van der Waals surface area (Å²) in [5, 5.41) is 3.95. The van der Waals surface area contributed by atoms with Crippen molar-refractivity contribution in [1.82, 2.24) is 5.32 Å². The molecule has 0 heterocycles. The number of nitrogens with one attached hydrogen (secondary N) is 1. The molecule has 0 aromatic heterocycles. The van der Waals surface area contributed by atoms with Gasteiger partial charge in [-0.2, -0.15) is 0 Å². The number of hydrogen-bond donors (Lipinski definition) is 1. The van der Waals surface area contributed by atoms with E-state index in [0.29, 0.717) is 6.42 Å². The number of carbonyl (C=O) groups is 1. The van der Waals surface area contributed by atoms with E-state index in [1.165, 1.54) is 42.4 Å². The van der Waals surface area contributed by atoms with Gasteiger partial charge >= 0.3 is 0 Å². The van der Waals surface area contributed by atoms with E-state index in [1.54, 1.807) is 11.8 Å². The topological polar surface area (TPSA) is 29.1 Å². The number of fused-ring (bicyclic) bond motifs is 1. The molecule has 0 aliphatic heterocycles. The van der Waals surface area contributed by atoms with Gasteiger partial charge in [-0.15, -0.1) is 11.8 Å². The van der Waals surface area contributed by atoms with Gasteiger partial charge in [-0.1, -0.05) is 36.7 Å². The fourth-order valence-corrected chi connectivity index (χ4v) is 4.43. The molecule has 138 valence electrons. The van der Waals surface area contributed by atoms with Crippen LogP contribution in [0.25, 0.3) is 0 Å². The van der Waals surface area contributed by atoms with Crippen molar-refractivity contribution in [3.8, 4) is 0 Å². The Morgan fingerprint density at radius 2 is 1.85 bits per heavy atom. The predicted octanol–water partition coefficient (Wildman–Crippen LogP) is 5.97. The summed E-state index contributed by atoms with van der Waals surface area (Å²) in [6.45, 7) is 2.13. The van der Waals surface area contributed by atoms with Crippen LogP contribution in [0.3, 0.4) is 0 Å². The zero-order valence-electron chi connectivity index (χ0n) is 15.3. The van der Waals surface area contributed by atoms with Gasteiger partial charge in [0.05, 0.1) is 6.04 Å². The summed E-state index contributed by atoms with van der Waals surface area (Å²) < 4.78 is 0. The molecule has 26 heavy (non-hydrogen) atoms. The van der Waals surface area contributed by atoms with Crippen LogP contribution in [0, 0.1) is 0 Å². The van der Waals surface area contributed by atoms with E-state index in [4.69, 9.17) is 11.6 Å². The van der Waals surface area contributed by atoms with E-state index < -0.39 is 0 Å². The van der Waals surface area contributed by atoms with Gasteiger partial charge in [0.1, 0.15) is 0 Å². The van der Waals surface area contributed by atoms with Gasteiger partial charge in [0.2, 0.25) is 5.91 Å². The molecule has 0 saturated carbocycles. The van der Waals surface area contributed by atoms with Crippen molar-refractivity contribution in [2.75, 3.05) is 5.75 Å². The van der Waals surface area contributed by atoms with E-state index >= 15 is 0 Å². The molecule has 1 N–H and O–H groups in total. The van der Waals surface area contributed by atoms with Crippen LogP contribution in [-0.2, 0) is 17.6 Å². The quantitative estimate of drug-likeness (QED) is 0.593. The Balaban J connectivity index is 1.52. The number of aryl methyl sites for hydroxylation is 2. The Kier molecular flexibility index (Phi) is 7.04. The molecule has 0 spiro atoms. The Morgan fingerprint density at radius 1 is 1.12 bits per heavy atom. The molecule has 0 radical (unpaired) electrons. The first kappa shape index (κ1) is 19.3. The van der Waals surface area contributed by atoms with Crippen molar-refractivity contribution >= 4 is 29.3 Å². The Morgan fingerprint density at radius 3 is 2.58 bits per heavy atom. The second-order valence-electron chi connectivity index (χ2n) is 6.82. The lowest BCUT2D eigenvalue weighted by Gasteiger charge is -2.21. The summed E-state index contributed by atoms with van der Waals surface area (Å²) >= 11 is 7.59. The maximum absolute atomic E-state index is 12.4. The summed E-state index contributed by atoms with van der Waals surface area (Å²) in [4.78, 5) is 13.5. The van der Waals surface area contributed by atoms with E-state index in [-0.39, 0.29) is 11.9 Å². The van der Waals surface area contributed by atoms with Gasteiger partial charge in [-0.3, -0.25) is 4.79 Å². The minimum Gasteiger partial charge on any atom is -0.349 e. The molecule has 1 aliphatic rings. The lowest BCUT2D eigenvalue weighted by Crippen LogP contribution is -2.28. The molecule has 1 atom stereocenters. The first-order valence-corrected chi connectivity index (χ1v) is 10.8. The standard InChI is InChI=1S/C22H26ClNOS/c1-2-21(18-8-7-16-5-3-4-6-17(16)15-18)24-22(25)13-14-26-20-11-9-19(23)10-12-20/h7-12,15,21H,2-6,13-14H2,1H3,(H,24,25)/t21-/m0/s1. The van der Waals surface area contributed by atoms with E-state index in [9.17, 15) is 4.79 Å². The Bertz CT molecular complexity index is 744. The maximum Gasteiger partial charge on any atom is 0.221 e. The average molecular weight is 388 g/mol. The summed E-state index contributed by atoms with van der Waals surface area (Å²) in [7, 11) is 0. The summed E-state index contributed by atoms with van der Waals surface area (Å²) in [6, 6.07) is 14.6. The van der Waals surface area contributed by atoms with Crippen molar-refractivity contribution in [2.24, 2.45) is 0 Å². The van der Waals surface area contributed by atoms with Crippen LogP contribution in [0.5, 0.6) is 0 Å². The third-order valence-electron chi connectivity index (χ3n) is 4.93. The highest BCUT2D eigenvalue weighted by Crippen LogP contribution is 2.26. The van der Waals surface area contributed by atoms with Crippen LogP contribution in [0.15, 0.2) is 47.4 Å². The van der Waals surface area contributed by atoms with E-state index in [1.807, 2.05) is 24.3 Å². The molecular formula is C22H26ClNOS. The predicted molar refractivity (Wildman–Crippen MR) is 111 cm³/mol. The molecule has 0 unspecified atom stereocenters. The van der Waals surface area contributed by atoms with Gasteiger partial charge in [0, 0.05) is 22.1 Å². The van der Waals surface area contributed by atoms with Crippen molar-refractivity contribution in [1.29, 1.82) is 0 Å². The van der Waals surface area contributed by atoms with E-state index in [0.717, 1.165) is 22.1 Å². The first-order chi connectivity index (χ1) is 12.7. The molecule has 4 heteroatoms. The van der Waals surface area contributed by atoms with Crippen LogP contribution >= 0.6 is 23.4 Å². The van der Waals surface area contributed by atoms with Gasteiger partial charge in [-0.05, 0) is 73.1 Å². The largest absolute Gasteiger partial charge is 0.349 e. The molecule has 2 nitrogen and oxygen atoms in total. The number of rotatable bonds is 7. The molecule has 2 aromatic rings. The second-order valence-corrected chi connectivity index (χ2v) is 8.42. The molecule has 0 bridgehead atoms. The number of benzene rings is 2. The van der Waals surface area contributed by atoms with Crippen molar-refractivity contribution < 1.29 is 4.79 Å². The van der Waals surface area contributed by atoms with E-state index in [2.05, 4.69) is 30.4 Å². The highest BCUT2D eigenvalue weighted by atomic mass is 35.5. The zero-order valence-corrected chi connectivity index (χ0v) is 16.8. The normalized spacial score (nSPS) is 14.5. The van der Waals surface area contributed by atoms with Gasteiger partial charge < -0.3 is 5.32 Å². The lowest BCUT2D eigenvalue weighted by atomic mass is 9.89. The second kappa shape index (κ2) is 9.48. The third-order valence-corrected chi connectivity index (χ3v) is 6.20. The number of amides is 1. The maximum atomic E-state index is 12.4.